The molecule has 5 aromatic carbocycles. The smallest absolute Gasteiger partial charge is 0.169 e. The molecule has 5 heteroatoms. The normalized spacial score (nSPS) is 10.4. The molecule has 5 nitrogen and oxygen atoms in total. The van der Waals surface area contributed by atoms with Crippen molar-refractivity contribution in [2.24, 2.45) is 0 Å². The highest BCUT2D eigenvalue weighted by Gasteiger charge is 2.08. The molecule has 0 bridgehead atoms. The van der Waals surface area contributed by atoms with Gasteiger partial charge in [-0.25, -0.2) is 0 Å². The van der Waals surface area contributed by atoms with E-state index in [1.54, 1.807) is 6.07 Å². The molecule has 0 aliphatic heterocycles. The molecule has 0 radical (unpaired) electrons. The molecule has 2 N–H and O–H groups in total. The average Bonchev–Trinajstić information content (AvgIpc) is 2.87. The van der Waals surface area contributed by atoms with Gasteiger partial charge in [0.25, 0.3) is 0 Å². The molecule has 0 fully saturated rings. The highest BCUT2D eigenvalue weighted by Crippen LogP contribution is 2.36. The SMILES string of the molecule is Nc1cccc(Oc2ccc(Oc3cccc(Oc4ccccc4Oc4ccccc4)c3)cc2)c1. The Balaban J connectivity index is 1.26. The van der Waals surface area contributed by atoms with Crippen LogP contribution in [0.15, 0.2) is 127 Å². The van der Waals surface area contributed by atoms with Crippen molar-refractivity contribution in [3.05, 3.63) is 127 Å². The monoisotopic (exact) mass is 461 g/mol. The number of para-hydroxylation sites is 3. The fraction of sp³-hybridized carbons (Fsp3) is 0. The van der Waals surface area contributed by atoms with E-state index in [0.717, 1.165) is 5.75 Å². The lowest BCUT2D eigenvalue weighted by Gasteiger charge is -2.13. The lowest BCUT2D eigenvalue weighted by molar-refractivity contribution is 0.415. The third kappa shape index (κ3) is 5.92. The number of nitrogens with two attached hydrogens (primary N) is 1. The summed E-state index contributed by atoms with van der Waals surface area (Å²) in [6, 6.07) is 39.3. The molecular weight excluding hydrogens is 438 g/mol. The van der Waals surface area contributed by atoms with Gasteiger partial charge in [0.2, 0.25) is 0 Å². The molecule has 0 atom stereocenters. The molecular formula is C30H23NO4. The van der Waals surface area contributed by atoms with E-state index < -0.39 is 0 Å². The van der Waals surface area contributed by atoms with Crippen LogP contribution in [0, 0.1) is 0 Å². The topological polar surface area (TPSA) is 62.9 Å². The molecule has 0 saturated carbocycles. The maximum atomic E-state index is 6.12. The summed E-state index contributed by atoms with van der Waals surface area (Å²) < 4.78 is 24.0. The van der Waals surface area contributed by atoms with Crippen LogP contribution in [0.25, 0.3) is 0 Å². The number of nitrogen functional groups attached to an aromatic ring is 1. The minimum absolute atomic E-state index is 0.608. The molecule has 0 spiro atoms. The number of ether oxygens (including phenoxy) is 4. The predicted octanol–water partition coefficient (Wildman–Crippen LogP) is 8.44. The van der Waals surface area contributed by atoms with Crippen LogP contribution >= 0.6 is 0 Å². The summed E-state index contributed by atoms with van der Waals surface area (Å²) in [4.78, 5) is 0. The second kappa shape index (κ2) is 10.4. The van der Waals surface area contributed by atoms with Crippen LogP contribution < -0.4 is 24.7 Å². The molecule has 35 heavy (non-hydrogen) atoms. The van der Waals surface area contributed by atoms with Gasteiger partial charge in [-0.1, -0.05) is 42.5 Å². The second-order valence-corrected chi connectivity index (χ2v) is 7.69. The van der Waals surface area contributed by atoms with Gasteiger partial charge < -0.3 is 24.7 Å². The maximum Gasteiger partial charge on any atom is 0.169 e. The van der Waals surface area contributed by atoms with Gasteiger partial charge in [0.05, 0.1) is 0 Å². The molecule has 0 heterocycles. The lowest BCUT2D eigenvalue weighted by Crippen LogP contribution is -1.91. The van der Waals surface area contributed by atoms with E-state index in [2.05, 4.69) is 0 Å². The third-order valence-corrected chi connectivity index (χ3v) is 5.01. The van der Waals surface area contributed by atoms with E-state index >= 15 is 0 Å². The Morgan fingerprint density at radius 1 is 0.343 bits per heavy atom. The Labute approximate surface area is 203 Å². The van der Waals surface area contributed by atoms with Crippen LogP contribution in [-0.4, -0.2) is 0 Å². The predicted molar refractivity (Wildman–Crippen MR) is 137 cm³/mol. The van der Waals surface area contributed by atoms with Crippen molar-refractivity contribution in [1.82, 2.24) is 0 Å². The molecule has 172 valence electrons. The number of rotatable bonds is 8. The van der Waals surface area contributed by atoms with Crippen molar-refractivity contribution < 1.29 is 18.9 Å². The van der Waals surface area contributed by atoms with E-state index in [4.69, 9.17) is 24.7 Å². The zero-order valence-electron chi connectivity index (χ0n) is 18.8. The third-order valence-electron chi connectivity index (χ3n) is 5.01. The van der Waals surface area contributed by atoms with Crippen LogP contribution in [0.1, 0.15) is 0 Å². The number of hydrogen-bond acceptors (Lipinski definition) is 5. The zero-order chi connectivity index (χ0) is 23.9. The number of anilines is 1. The second-order valence-electron chi connectivity index (χ2n) is 7.69. The maximum absolute atomic E-state index is 6.12. The summed E-state index contributed by atoms with van der Waals surface area (Å²) >= 11 is 0. The van der Waals surface area contributed by atoms with Gasteiger partial charge in [0, 0.05) is 17.8 Å². The fourth-order valence-corrected chi connectivity index (χ4v) is 3.39. The van der Waals surface area contributed by atoms with Gasteiger partial charge >= 0.3 is 0 Å². The van der Waals surface area contributed by atoms with Crippen molar-refractivity contribution >= 4 is 5.69 Å². The van der Waals surface area contributed by atoms with Crippen molar-refractivity contribution in [3.63, 3.8) is 0 Å². The summed E-state index contributed by atoms with van der Waals surface area (Å²) in [5.41, 5.74) is 6.46. The Hall–Kier alpha value is -4.90. The molecule has 0 aliphatic rings. The Bertz CT molecular complexity index is 1400. The highest BCUT2D eigenvalue weighted by atomic mass is 16.5. The minimum Gasteiger partial charge on any atom is -0.457 e. The highest BCUT2D eigenvalue weighted by molar-refractivity contribution is 5.48. The Morgan fingerprint density at radius 3 is 1.37 bits per heavy atom. The first-order chi connectivity index (χ1) is 17.2. The summed E-state index contributed by atoms with van der Waals surface area (Å²) in [6.45, 7) is 0. The summed E-state index contributed by atoms with van der Waals surface area (Å²) in [5.74, 6) is 5.30. The quantitative estimate of drug-likeness (QED) is 0.235. The summed E-state index contributed by atoms with van der Waals surface area (Å²) in [6.07, 6.45) is 0. The molecule has 0 amide bonds. The molecule has 0 aromatic heterocycles. The summed E-state index contributed by atoms with van der Waals surface area (Å²) in [5, 5.41) is 0. The molecule has 0 aliphatic carbocycles. The van der Waals surface area contributed by atoms with Crippen LogP contribution in [0.2, 0.25) is 0 Å². The first kappa shape index (κ1) is 21.9. The van der Waals surface area contributed by atoms with E-state index in [1.807, 2.05) is 121 Å². The van der Waals surface area contributed by atoms with Crippen LogP contribution in [0.3, 0.4) is 0 Å². The zero-order valence-corrected chi connectivity index (χ0v) is 18.8. The van der Waals surface area contributed by atoms with Crippen LogP contribution in [0.5, 0.6) is 46.0 Å². The van der Waals surface area contributed by atoms with Gasteiger partial charge in [-0.15, -0.1) is 0 Å². The van der Waals surface area contributed by atoms with Crippen molar-refractivity contribution in [2.45, 2.75) is 0 Å². The van der Waals surface area contributed by atoms with Crippen LogP contribution in [0.4, 0.5) is 5.69 Å². The fourth-order valence-electron chi connectivity index (χ4n) is 3.39. The van der Waals surface area contributed by atoms with Crippen molar-refractivity contribution in [3.8, 4) is 46.0 Å². The number of benzene rings is 5. The van der Waals surface area contributed by atoms with Gasteiger partial charge in [-0.05, 0) is 72.8 Å². The van der Waals surface area contributed by atoms with Crippen LogP contribution in [-0.2, 0) is 0 Å². The van der Waals surface area contributed by atoms with Gasteiger partial charge in [-0.3, -0.25) is 0 Å². The minimum atomic E-state index is 0.608. The first-order valence-electron chi connectivity index (χ1n) is 11.1. The van der Waals surface area contributed by atoms with Crippen molar-refractivity contribution in [2.75, 3.05) is 5.73 Å². The van der Waals surface area contributed by atoms with E-state index in [-0.39, 0.29) is 0 Å². The van der Waals surface area contributed by atoms with Gasteiger partial charge in [0.15, 0.2) is 11.5 Å². The van der Waals surface area contributed by atoms with E-state index in [0.29, 0.717) is 45.9 Å². The molecule has 0 saturated heterocycles. The Kier molecular flexibility index (Phi) is 6.49. The van der Waals surface area contributed by atoms with E-state index in [1.165, 1.54) is 0 Å². The van der Waals surface area contributed by atoms with Gasteiger partial charge in [-0.2, -0.15) is 0 Å². The Morgan fingerprint density at radius 2 is 0.771 bits per heavy atom. The molecule has 0 unspecified atom stereocenters. The van der Waals surface area contributed by atoms with Gasteiger partial charge in [0.1, 0.15) is 34.5 Å². The largest absolute Gasteiger partial charge is 0.457 e. The average molecular weight is 462 g/mol. The lowest BCUT2D eigenvalue weighted by atomic mass is 10.3. The summed E-state index contributed by atoms with van der Waals surface area (Å²) in [7, 11) is 0. The standard InChI is InChI=1S/C30H23NO4/c31-22-8-6-11-26(20-22)32-24-16-18-25(19-17-24)33-27-12-7-13-28(21-27)35-30-15-5-4-14-29(30)34-23-9-2-1-3-10-23/h1-21H,31H2. The van der Waals surface area contributed by atoms with Crippen molar-refractivity contribution in [1.29, 1.82) is 0 Å². The molecule has 5 aromatic rings. The number of hydrogen-bond donors (Lipinski definition) is 1. The van der Waals surface area contributed by atoms with E-state index in [9.17, 15) is 0 Å². The first-order valence-corrected chi connectivity index (χ1v) is 11.1. The molecule has 5 rings (SSSR count).